The first-order chi connectivity index (χ1) is 19.8. The maximum Gasteiger partial charge on any atom is 0.255 e. The van der Waals surface area contributed by atoms with Crippen molar-refractivity contribution in [3.05, 3.63) is 93.4 Å². The molecule has 5 rings (SSSR count). The van der Waals surface area contributed by atoms with Crippen molar-refractivity contribution in [1.82, 2.24) is 14.8 Å². The third-order valence-corrected chi connectivity index (χ3v) is 7.18. The maximum absolute atomic E-state index is 13.8. The van der Waals surface area contributed by atoms with Crippen LogP contribution in [0.2, 0.25) is 10.0 Å². The normalized spacial score (nSPS) is 14.1. The summed E-state index contributed by atoms with van der Waals surface area (Å²) in [7, 11) is 4.64. The van der Waals surface area contributed by atoms with Crippen molar-refractivity contribution in [3.8, 4) is 23.0 Å². The summed E-state index contributed by atoms with van der Waals surface area (Å²) < 4.78 is 24.1. The predicted molar refractivity (Wildman–Crippen MR) is 156 cm³/mol. The zero-order chi connectivity index (χ0) is 29.1. The number of nitrogens with one attached hydrogen (secondary N) is 2. The van der Waals surface area contributed by atoms with E-state index < -0.39 is 6.04 Å². The lowest BCUT2D eigenvalue weighted by Gasteiger charge is -2.29. The van der Waals surface area contributed by atoms with Gasteiger partial charge in [-0.1, -0.05) is 35.3 Å². The molecule has 0 spiro atoms. The molecule has 1 aromatic heterocycles. The Bertz CT molecular complexity index is 1640. The SMILES string of the molecule is COc1ccc(NC(=O)C2=C(C)Nc3ncnn3C2c2ccc(OCc3ccc(Cl)cc3Cl)c(OC)c2)c(OC)c1. The molecule has 1 atom stereocenters. The fourth-order valence-corrected chi connectivity index (χ4v) is 5.02. The Hall–Kier alpha value is -4.41. The zero-order valence-corrected chi connectivity index (χ0v) is 24.2. The van der Waals surface area contributed by atoms with Crippen molar-refractivity contribution in [1.29, 1.82) is 0 Å². The molecule has 41 heavy (non-hydrogen) atoms. The average Bonchev–Trinajstić information content (AvgIpc) is 3.44. The van der Waals surface area contributed by atoms with E-state index in [9.17, 15) is 4.79 Å². The summed E-state index contributed by atoms with van der Waals surface area (Å²) in [6.45, 7) is 2.03. The molecule has 2 N–H and O–H groups in total. The zero-order valence-electron chi connectivity index (χ0n) is 22.7. The number of fused-ring (bicyclic) bond motifs is 1. The van der Waals surface area contributed by atoms with Crippen LogP contribution in [0.3, 0.4) is 0 Å². The van der Waals surface area contributed by atoms with Crippen LogP contribution in [-0.4, -0.2) is 42.0 Å². The van der Waals surface area contributed by atoms with Gasteiger partial charge in [-0.25, -0.2) is 4.68 Å². The van der Waals surface area contributed by atoms with Crippen LogP contribution in [0.4, 0.5) is 11.6 Å². The van der Waals surface area contributed by atoms with Gasteiger partial charge in [0.1, 0.15) is 30.5 Å². The summed E-state index contributed by atoms with van der Waals surface area (Å²) in [5, 5.41) is 11.6. The van der Waals surface area contributed by atoms with Gasteiger partial charge >= 0.3 is 0 Å². The number of ether oxygens (including phenoxy) is 4. The van der Waals surface area contributed by atoms with Gasteiger partial charge in [0.25, 0.3) is 5.91 Å². The van der Waals surface area contributed by atoms with E-state index in [-0.39, 0.29) is 12.5 Å². The molecule has 212 valence electrons. The number of carbonyl (C=O) groups is 1. The Morgan fingerprint density at radius 2 is 1.78 bits per heavy atom. The first kappa shape index (κ1) is 28.1. The van der Waals surface area contributed by atoms with E-state index in [1.54, 1.807) is 55.3 Å². The van der Waals surface area contributed by atoms with Crippen LogP contribution in [0.15, 0.2) is 72.2 Å². The summed E-state index contributed by atoms with van der Waals surface area (Å²) >= 11 is 12.3. The number of hydrogen-bond donors (Lipinski definition) is 2. The van der Waals surface area contributed by atoms with Crippen molar-refractivity contribution < 1.29 is 23.7 Å². The quantitative estimate of drug-likeness (QED) is 0.238. The van der Waals surface area contributed by atoms with Crippen LogP contribution in [0, 0.1) is 0 Å². The minimum Gasteiger partial charge on any atom is -0.497 e. The third-order valence-electron chi connectivity index (χ3n) is 6.60. The van der Waals surface area contributed by atoms with Crippen LogP contribution in [-0.2, 0) is 11.4 Å². The van der Waals surface area contributed by atoms with E-state index in [2.05, 4.69) is 20.7 Å². The number of methoxy groups -OCH3 is 3. The van der Waals surface area contributed by atoms with Gasteiger partial charge in [-0.3, -0.25) is 4.79 Å². The Morgan fingerprint density at radius 1 is 0.976 bits per heavy atom. The van der Waals surface area contributed by atoms with Crippen LogP contribution in [0.1, 0.15) is 24.1 Å². The molecule has 1 aliphatic rings. The van der Waals surface area contributed by atoms with E-state index >= 15 is 0 Å². The molecular formula is C29H27Cl2N5O5. The number of carbonyl (C=O) groups excluding carboxylic acids is 1. The maximum atomic E-state index is 13.8. The molecule has 0 bridgehead atoms. The lowest BCUT2D eigenvalue weighted by atomic mass is 9.94. The summed E-state index contributed by atoms with van der Waals surface area (Å²) in [4.78, 5) is 18.1. The number of aromatic nitrogens is 3. The first-order valence-corrected chi connectivity index (χ1v) is 13.2. The molecule has 1 unspecified atom stereocenters. The second-order valence-electron chi connectivity index (χ2n) is 9.05. The number of benzene rings is 3. The summed E-state index contributed by atoms with van der Waals surface area (Å²) in [5.74, 6) is 2.20. The molecule has 1 amide bonds. The predicted octanol–water partition coefficient (Wildman–Crippen LogP) is 6.12. The van der Waals surface area contributed by atoms with Crippen LogP contribution >= 0.6 is 23.2 Å². The standard InChI is InChI=1S/C29H27Cl2N5O5/c1-16-26(28(37)35-22-9-8-20(38-2)13-24(22)39-3)27(36-29(34-16)32-15-33-36)17-6-10-23(25(11-17)40-4)41-14-18-5-7-19(30)12-21(18)31/h5-13,15,27H,14H2,1-4H3,(H,35,37)(H,32,33,34). The minimum atomic E-state index is -0.619. The summed E-state index contributed by atoms with van der Waals surface area (Å²) in [5.41, 5.74) is 3.06. The van der Waals surface area contributed by atoms with E-state index in [0.29, 0.717) is 55.9 Å². The highest BCUT2D eigenvalue weighted by Crippen LogP contribution is 2.40. The number of halogens is 2. The highest BCUT2D eigenvalue weighted by molar-refractivity contribution is 6.35. The third kappa shape index (κ3) is 5.75. The highest BCUT2D eigenvalue weighted by Gasteiger charge is 2.34. The molecule has 12 heteroatoms. The summed E-state index contributed by atoms with van der Waals surface area (Å²) in [6.07, 6.45) is 1.43. The second-order valence-corrected chi connectivity index (χ2v) is 9.89. The first-order valence-electron chi connectivity index (χ1n) is 12.5. The van der Waals surface area contributed by atoms with Gasteiger partial charge in [-0.15, -0.1) is 0 Å². The number of allylic oxidation sites excluding steroid dienone is 1. The van der Waals surface area contributed by atoms with E-state index in [0.717, 1.165) is 11.1 Å². The fraction of sp³-hybridized carbons (Fsp3) is 0.207. The van der Waals surface area contributed by atoms with E-state index in [1.165, 1.54) is 13.4 Å². The van der Waals surface area contributed by atoms with Gasteiger partial charge in [-0.05, 0) is 48.9 Å². The summed E-state index contributed by atoms with van der Waals surface area (Å²) in [6, 6.07) is 15.2. The molecular weight excluding hydrogens is 569 g/mol. The topological polar surface area (TPSA) is 109 Å². The van der Waals surface area contributed by atoms with Crippen molar-refractivity contribution in [2.24, 2.45) is 0 Å². The molecule has 10 nitrogen and oxygen atoms in total. The lowest BCUT2D eigenvalue weighted by Crippen LogP contribution is -2.31. The number of amides is 1. The fourth-order valence-electron chi connectivity index (χ4n) is 4.55. The second kappa shape index (κ2) is 12.0. The molecule has 0 saturated carbocycles. The van der Waals surface area contributed by atoms with E-state index in [1.807, 2.05) is 25.1 Å². The highest BCUT2D eigenvalue weighted by atomic mass is 35.5. The van der Waals surface area contributed by atoms with Gasteiger partial charge < -0.3 is 29.6 Å². The smallest absolute Gasteiger partial charge is 0.255 e. The minimum absolute atomic E-state index is 0.211. The Balaban J connectivity index is 1.47. The molecule has 1 aliphatic heterocycles. The Kier molecular flexibility index (Phi) is 8.23. The molecule has 3 aromatic carbocycles. The number of rotatable bonds is 9. The molecule has 2 heterocycles. The molecule has 0 aliphatic carbocycles. The monoisotopic (exact) mass is 595 g/mol. The van der Waals surface area contributed by atoms with Crippen molar-refractivity contribution >= 4 is 40.7 Å². The molecule has 4 aromatic rings. The molecule has 0 fully saturated rings. The lowest BCUT2D eigenvalue weighted by molar-refractivity contribution is -0.113. The van der Waals surface area contributed by atoms with Gasteiger partial charge in [0.2, 0.25) is 5.95 Å². The van der Waals surface area contributed by atoms with Crippen LogP contribution in [0.5, 0.6) is 23.0 Å². The van der Waals surface area contributed by atoms with Gasteiger partial charge in [-0.2, -0.15) is 10.1 Å². The van der Waals surface area contributed by atoms with Crippen molar-refractivity contribution in [2.75, 3.05) is 32.0 Å². The number of nitrogens with zero attached hydrogens (tertiary/aromatic N) is 3. The van der Waals surface area contributed by atoms with Crippen LogP contribution in [0.25, 0.3) is 0 Å². The van der Waals surface area contributed by atoms with Gasteiger partial charge in [0, 0.05) is 27.4 Å². The average molecular weight is 596 g/mol. The Morgan fingerprint density at radius 3 is 2.51 bits per heavy atom. The van der Waals surface area contributed by atoms with Gasteiger partial charge in [0.15, 0.2) is 11.5 Å². The molecule has 0 radical (unpaired) electrons. The number of hydrogen-bond acceptors (Lipinski definition) is 8. The van der Waals surface area contributed by atoms with Gasteiger partial charge in [0.05, 0.1) is 32.6 Å². The van der Waals surface area contributed by atoms with E-state index in [4.69, 9.17) is 42.1 Å². The van der Waals surface area contributed by atoms with Crippen LogP contribution < -0.4 is 29.6 Å². The number of anilines is 2. The van der Waals surface area contributed by atoms with Crippen molar-refractivity contribution in [2.45, 2.75) is 19.6 Å². The Labute approximate surface area is 246 Å². The van der Waals surface area contributed by atoms with Crippen molar-refractivity contribution in [3.63, 3.8) is 0 Å². The molecule has 0 saturated heterocycles. The largest absolute Gasteiger partial charge is 0.497 e.